The summed E-state index contributed by atoms with van der Waals surface area (Å²) < 4.78 is 14.7. The Morgan fingerprint density at radius 2 is 2.00 bits per heavy atom. The average Bonchev–Trinajstić information content (AvgIpc) is 3.16. The third-order valence-corrected chi connectivity index (χ3v) is 5.15. The Morgan fingerprint density at radius 1 is 1.13 bits per heavy atom. The number of halogens is 2. The highest BCUT2D eigenvalue weighted by Crippen LogP contribution is 2.22. The average molecular weight is 424 g/mol. The molecule has 0 aliphatic carbocycles. The lowest BCUT2D eigenvalue weighted by molar-refractivity contribution is 0.0963. The molecule has 0 bridgehead atoms. The summed E-state index contributed by atoms with van der Waals surface area (Å²) in [5.41, 5.74) is 4.13. The minimum atomic E-state index is -0.494. The molecule has 0 radical (unpaired) electrons. The van der Waals surface area contributed by atoms with E-state index in [1.165, 1.54) is 6.20 Å². The number of hydrogen-bond acceptors (Lipinski definition) is 4. The van der Waals surface area contributed by atoms with Crippen LogP contribution >= 0.6 is 11.6 Å². The van der Waals surface area contributed by atoms with Crippen LogP contribution in [-0.2, 0) is 19.3 Å². The fourth-order valence-corrected chi connectivity index (χ4v) is 3.39. The standard InChI is InChI=1S/C22H19ClFN5O/c1-25-22(30)16-9-18-15(11-27-21(18)28-12-16)8-14-4-6-17(29-20(14)24)5-2-13-3-7-19(23)26-10-13/h3-4,6-7,9-12H,2,5,8H2,1H3,(H,25,30)(H,27,28). The van der Waals surface area contributed by atoms with Crippen LogP contribution in [0.25, 0.3) is 11.0 Å². The van der Waals surface area contributed by atoms with Gasteiger partial charge in [-0.3, -0.25) is 4.79 Å². The molecule has 4 aromatic heterocycles. The number of aromatic nitrogens is 4. The highest BCUT2D eigenvalue weighted by molar-refractivity contribution is 6.29. The first kappa shape index (κ1) is 20.0. The largest absolute Gasteiger partial charge is 0.355 e. The van der Waals surface area contributed by atoms with Crippen molar-refractivity contribution in [3.8, 4) is 0 Å². The van der Waals surface area contributed by atoms with E-state index in [-0.39, 0.29) is 5.91 Å². The van der Waals surface area contributed by atoms with Crippen LogP contribution in [0, 0.1) is 5.95 Å². The van der Waals surface area contributed by atoms with E-state index in [9.17, 15) is 9.18 Å². The summed E-state index contributed by atoms with van der Waals surface area (Å²) in [6.45, 7) is 0. The maximum atomic E-state index is 14.7. The Balaban J connectivity index is 1.51. The summed E-state index contributed by atoms with van der Waals surface area (Å²) in [4.78, 5) is 27.4. The van der Waals surface area contributed by atoms with Gasteiger partial charge in [-0.2, -0.15) is 4.39 Å². The quantitative estimate of drug-likeness (QED) is 0.461. The number of aryl methyl sites for hydroxylation is 2. The lowest BCUT2D eigenvalue weighted by Crippen LogP contribution is -2.17. The number of hydrogen-bond donors (Lipinski definition) is 2. The molecule has 0 aromatic carbocycles. The van der Waals surface area contributed by atoms with Crippen LogP contribution in [0.1, 0.15) is 32.7 Å². The zero-order valence-corrected chi connectivity index (χ0v) is 17.0. The predicted molar refractivity (Wildman–Crippen MR) is 113 cm³/mol. The van der Waals surface area contributed by atoms with Crippen molar-refractivity contribution < 1.29 is 9.18 Å². The van der Waals surface area contributed by atoms with Gasteiger partial charge in [0.15, 0.2) is 0 Å². The van der Waals surface area contributed by atoms with Crippen molar-refractivity contribution in [1.82, 2.24) is 25.3 Å². The molecule has 0 spiro atoms. The lowest BCUT2D eigenvalue weighted by Gasteiger charge is -2.06. The minimum Gasteiger partial charge on any atom is -0.355 e. The molecule has 0 saturated carbocycles. The van der Waals surface area contributed by atoms with E-state index in [4.69, 9.17) is 11.6 Å². The molecular formula is C22H19ClFN5O. The molecule has 4 rings (SSSR count). The number of nitrogens with zero attached hydrogens (tertiary/aromatic N) is 3. The number of pyridine rings is 3. The van der Waals surface area contributed by atoms with Crippen LogP contribution in [-0.4, -0.2) is 32.9 Å². The van der Waals surface area contributed by atoms with Gasteiger partial charge in [0.25, 0.3) is 5.91 Å². The second kappa shape index (κ2) is 8.59. The van der Waals surface area contributed by atoms with Crippen molar-refractivity contribution in [3.05, 3.63) is 88.0 Å². The molecule has 30 heavy (non-hydrogen) atoms. The molecule has 4 heterocycles. The molecule has 8 heteroatoms. The highest BCUT2D eigenvalue weighted by atomic mass is 35.5. The van der Waals surface area contributed by atoms with Crippen molar-refractivity contribution in [1.29, 1.82) is 0 Å². The molecule has 0 aliphatic heterocycles. The van der Waals surface area contributed by atoms with Crippen molar-refractivity contribution >= 4 is 28.5 Å². The highest BCUT2D eigenvalue weighted by Gasteiger charge is 2.13. The number of rotatable bonds is 6. The molecule has 0 atom stereocenters. The number of nitrogens with one attached hydrogen (secondary N) is 2. The van der Waals surface area contributed by atoms with Gasteiger partial charge < -0.3 is 10.3 Å². The van der Waals surface area contributed by atoms with Gasteiger partial charge in [0.05, 0.1) is 5.56 Å². The fourth-order valence-electron chi connectivity index (χ4n) is 3.28. The molecule has 1 amide bonds. The first-order valence-corrected chi connectivity index (χ1v) is 9.84. The van der Waals surface area contributed by atoms with Crippen LogP contribution in [0.15, 0.2) is 48.9 Å². The Morgan fingerprint density at radius 3 is 2.73 bits per heavy atom. The van der Waals surface area contributed by atoms with Gasteiger partial charge in [-0.05, 0) is 42.2 Å². The van der Waals surface area contributed by atoms with E-state index in [1.54, 1.807) is 37.6 Å². The van der Waals surface area contributed by atoms with Crippen molar-refractivity contribution in [2.45, 2.75) is 19.3 Å². The summed E-state index contributed by atoms with van der Waals surface area (Å²) in [5.74, 6) is -0.712. The van der Waals surface area contributed by atoms with Gasteiger partial charge in [-0.1, -0.05) is 23.7 Å². The zero-order valence-electron chi connectivity index (χ0n) is 16.2. The number of H-pyrrole nitrogens is 1. The predicted octanol–water partition coefficient (Wildman–Crippen LogP) is 3.88. The van der Waals surface area contributed by atoms with Crippen LogP contribution in [0.5, 0.6) is 0 Å². The van der Waals surface area contributed by atoms with E-state index in [0.29, 0.717) is 46.9 Å². The molecule has 0 saturated heterocycles. The third-order valence-electron chi connectivity index (χ3n) is 4.93. The molecule has 2 N–H and O–H groups in total. The monoisotopic (exact) mass is 423 g/mol. The number of amides is 1. The normalized spacial score (nSPS) is 11.0. The van der Waals surface area contributed by atoms with Gasteiger partial charge in [-0.25, -0.2) is 15.0 Å². The molecular weight excluding hydrogens is 405 g/mol. The molecule has 4 aromatic rings. The maximum absolute atomic E-state index is 14.7. The number of fused-ring (bicyclic) bond motifs is 1. The van der Waals surface area contributed by atoms with Gasteiger partial charge in [0, 0.05) is 48.7 Å². The third kappa shape index (κ3) is 4.31. The van der Waals surface area contributed by atoms with E-state index in [1.807, 2.05) is 12.1 Å². The smallest absolute Gasteiger partial charge is 0.252 e. The van der Waals surface area contributed by atoms with Crippen LogP contribution < -0.4 is 5.32 Å². The van der Waals surface area contributed by atoms with E-state index >= 15 is 0 Å². The van der Waals surface area contributed by atoms with Crippen molar-refractivity contribution in [2.24, 2.45) is 0 Å². The number of carbonyl (C=O) groups is 1. The fraction of sp³-hybridized carbons (Fsp3) is 0.182. The number of aromatic amines is 1. The minimum absolute atomic E-state index is 0.218. The Bertz CT molecular complexity index is 1210. The lowest BCUT2D eigenvalue weighted by atomic mass is 10.0. The van der Waals surface area contributed by atoms with Gasteiger partial charge >= 0.3 is 0 Å². The first-order chi connectivity index (χ1) is 14.5. The van der Waals surface area contributed by atoms with Crippen LogP contribution in [0.2, 0.25) is 5.15 Å². The summed E-state index contributed by atoms with van der Waals surface area (Å²) in [6.07, 6.45) is 6.66. The summed E-state index contributed by atoms with van der Waals surface area (Å²) in [7, 11) is 1.57. The zero-order chi connectivity index (χ0) is 21.1. The molecule has 152 valence electrons. The Hall–Kier alpha value is -3.32. The molecule has 6 nitrogen and oxygen atoms in total. The van der Waals surface area contributed by atoms with Gasteiger partial charge in [-0.15, -0.1) is 0 Å². The molecule has 0 aliphatic rings. The first-order valence-electron chi connectivity index (χ1n) is 9.46. The van der Waals surface area contributed by atoms with E-state index in [2.05, 4.69) is 25.3 Å². The van der Waals surface area contributed by atoms with Crippen molar-refractivity contribution in [2.75, 3.05) is 7.05 Å². The van der Waals surface area contributed by atoms with Crippen LogP contribution in [0.4, 0.5) is 4.39 Å². The maximum Gasteiger partial charge on any atom is 0.252 e. The Kier molecular flexibility index (Phi) is 5.72. The summed E-state index contributed by atoms with van der Waals surface area (Å²) >= 11 is 5.79. The van der Waals surface area contributed by atoms with Crippen molar-refractivity contribution in [3.63, 3.8) is 0 Å². The molecule has 0 fully saturated rings. The van der Waals surface area contributed by atoms with Crippen LogP contribution in [0.3, 0.4) is 0 Å². The summed E-state index contributed by atoms with van der Waals surface area (Å²) in [6, 6.07) is 8.99. The van der Waals surface area contributed by atoms with E-state index in [0.717, 1.165) is 16.5 Å². The van der Waals surface area contributed by atoms with E-state index < -0.39 is 5.95 Å². The van der Waals surface area contributed by atoms with Gasteiger partial charge in [0.1, 0.15) is 10.8 Å². The molecule has 0 unspecified atom stereocenters. The SMILES string of the molecule is CNC(=O)c1cnc2[nH]cc(Cc3ccc(CCc4ccc(Cl)nc4)nc3F)c2c1. The topological polar surface area (TPSA) is 83.6 Å². The second-order valence-electron chi connectivity index (χ2n) is 6.93. The van der Waals surface area contributed by atoms with Gasteiger partial charge in [0.2, 0.25) is 5.95 Å². The second-order valence-corrected chi connectivity index (χ2v) is 7.32. The summed E-state index contributed by atoms with van der Waals surface area (Å²) in [5, 5.41) is 3.81. The number of carbonyl (C=O) groups excluding carboxylic acids is 1. The Labute approximate surface area is 177 Å².